The largest absolute Gasteiger partial charge is 0.496 e. The van der Waals surface area contributed by atoms with Crippen molar-refractivity contribution in [3.8, 4) is 5.75 Å². The maximum Gasteiger partial charge on any atom is 0.272 e. The van der Waals surface area contributed by atoms with E-state index in [-0.39, 0.29) is 11.4 Å². The van der Waals surface area contributed by atoms with Crippen LogP contribution in [-0.2, 0) is 4.84 Å². The van der Waals surface area contributed by atoms with Crippen LogP contribution in [0.15, 0.2) is 64.2 Å². The zero-order valence-electron chi connectivity index (χ0n) is 23.0. The monoisotopic (exact) mass is 592 g/mol. The number of halogens is 1. The molecule has 1 amide bonds. The number of ether oxygens (including phenoxy) is 1. The van der Waals surface area contributed by atoms with E-state index in [0.29, 0.717) is 24.0 Å². The molecule has 0 bridgehead atoms. The summed E-state index contributed by atoms with van der Waals surface area (Å²) in [4.78, 5) is 28.2. The number of nitrogens with zero attached hydrogens (tertiary/aromatic N) is 4. The van der Waals surface area contributed by atoms with Crippen LogP contribution in [-0.4, -0.2) is 71.8 Å². The first-order valence-corrected chi connectivity index (χ1v) is 14.6. The molecule has 1 aromatic heterocycles. The number of amides is 1. The molecule has 0 atom stereocenters. The molecule has 7 nitrogen and oxygen atoms in total. The lowest BCUT2D eigenvalue weighted by Crippen LogP contribution is -2.56. The average molecular weight is 594 g/mol. The molecule has 8 heteroatoms. The van der Waals surface area contributed by atoms with Crippen LogP contribution >= 0.6 is 15.9 Å². The number of aromatic nitrogens is 1. The van der Waals surface area contributed by atoms with Crippen molar-refractivity contribution in [2.75, 3.05) is 39.9 Å². The highest BCUT2D eigenvalue weighted by atomic mass is 79.9. The molecule has 206 valence electrons. The third-order valence-electron chi connectivity index (χ3n) is 8.32. The maximum atomic E-state index is 13.4. The zero-order valence-corrected chi connectivity index (χ0v) is 24.6. The van der Waals surface area contributed by atoms with Gasteiger partial charge in [0.25, 0.3) is 5.91 Å². The molecule has 2 fully saturated rings. The second-order valence-corrected chi connectivity index (χ2v) is 11.6. The minimum atomic E-state index is -0.0221. The van der Waals surface area contributed by atoms with Crippen molar-refractivity contribution in [1.82, 2.24) is 14.8 Å². The van der Waals surface area contributed by atoms with E-state index in [1.807, 2.05) is 36.1 Å². The van der Waals surface area contributed by atoms with Gasteiger partial charge < -0.3 is 14.5 Å². The van der Waals surface area contributed by atoms with Gasteiger partial charge in [0.05, 0.1) is 18.3 Å². The van der Waals surface area contributed by atoms with Crippen LogP contribution in [0.2, 0.25) is 0 Å². The number of benzene rings is 2. The summed E-state index contributed by atoms with van der Waals surface area (Å²) >= 11 is 3.53. The van der Waals surface area contributed by atoms with E-state index in [1.54, 1.807) is 13.2 Å². The summed E-state index contributed by atoms with van der Waals surface area (Å²) in [6, 6.07) is 17.9. The Balaban J connectivity index is 1.22. The summed E-state index contributed by atoms with van der Waals surface area (Å²) in [6.45, 7) is 8.37. The Morgan fingerprint density at radius 3 is 2.44 bits per heavy atom. The zero-order chi connectivity index (χ0) is 27.4. The normalized spacial score (nSPS) is 18.8. The van der Waals surface area contributed by atoms with Crippen LogP contribution in [0.3, 0.4) is 0 Å². The highest BCUT2D eigenvalue weighted by Crippen LogP contribution is 2.34. The lowest BCUT2D eigenvalue weighted by molar-refractivity contribution is 0.0159. The molecule has 2 saturated heterocycles. The molecule has 39 heavy (non-hydrogen) atoms. The molecule has 0 spiro atoms. The van der Waals surface area contributed by atoms with E-state index in [4.69, 9.17) is 9.57 Å². The lowest BCUT2D eigenvalue weighted by atomic mass is 9.82. The first-order chi connectivity index (χ1) is 18.9. The molecule has 5 rings (SSSR count). The number of fused-ring (bicyclic) bond motifs is 1. The van der Waals surface area contributed by atoms with Crippen molar-refractivity contribution in [2.24, 2.45) is 11.1 Å². The van der Waals surface area contributed by atoms with Crippen LogP contribution in [0, 0.1) is 5.92 Å². The van der Waals surface area contributed by atoms with Crippen LogP contribution in [0.5, 0.6) is 5.75 Å². The summed E-state index contributed by atoms with van der Waals surface area (Å²) in [6.07, 6.45) is 3.98. The van der Waals surface area contributed by atoms with Crippen molar-refractivity contribution >= 4 is 38.5 Å². The molecule has 0 N–H and O–H groups in total. The van der Waals surface area contributed by atoms with Crippen molar-refractivity contribution in [3.05, 3.63) is 70.3 Å². The molecule has 3 heterocycles. The Hall–Kier alpha value is -2.97. The average Bonchev–Trinajstić information content (AvgIpc) is 2.98. The molecule has 2 aliphatic heterocycles. The van der Waals surface area contributed by atoms with Gasteiger partial charge in [0.1, 0.15) is 18.1 Å². The Morgan fingerprint density at radius 1 is 1.08 bits per heavy atom. The van der Waals surface area contributed by atoms with Crippen LogP contribution in [0.4, 0.5) is 0 Å². The molecule has 3 aromatic rings. The summed E-state index contributed by atoms with van der Waals surface area (Å²) in [5.41, 5.74) is 3.48. The number of piperidine rings is 2. The Labute approximate surface area is 239 Å². The van der Waals surface area contributed by atoms with Gasteiger partial charge in [-0.15, -0.1) is 0 Å². The van der Waals surface area contributed by atoms with E-state index in [0.717, 1.165) is 78.5 Å². The number of methoxy groups -OCH3 is 1. The second kappa shape index (κ2) is 12.0. The molecule has 0 aliphatic carbocycles. The van der Waals surface area contributed by atoms with Crippen molar-refractivity contribution in [2.45, 2.75) is 45.1 Å². The van der Waals surface area contributed by atoms with Crippen LogP contribution < -0.4 is 4.74 Å². The fraction of sp³-hybridized carbons (Fsp3) is 0.452. The second-order valence-electron chi connectivity index (χ2n) is 10.7. The smallest absolute Gasteiger partial charge is 0.272 e. The number of likely N-dealkylation sites (tertiary alicyclic amines) is 2. The molecule has 0 saturated carbocycles. The van der Waals surface area contributed by atoms with E-state index < -0.39 is 0 Å². The van der Waals surface area contributed by atoms with E-state index >= 15 is 0 Å². The van der Waals surface area contributed by atoms with Gasteiger partial charge in [0.2, 0.25) is 0 Å². The predicted octanol–water partition coefficient (Wildman–Crippen LogP) is 6.15. The number of carbonyl (C=O) groups is 1. The number of carbonyl (C=O) groups excluding carboxylic acids is 1. The van der Waals surface area contributed by atoms with Crippen LogP contribution in [0.1, 0.15) is 55.6 Å². The number of para-hydroxylation sites is 1. The Kier molecular flexibility index (Phi) is 8.52. The SMILES string of the molecule is CCO/N=C(\c1ccc(Br)cc1)C1CCN(C2(C)CCN(C(=O)c3cc(OC)c4ccccc4n3)CC2)CC1. The van der Waals surface area contributed by atoms with Crippen LogP contribution in [0.25, 0.3) is 10.9 Å². The fourth-order valence-electron chi connectivity index (χ4n) is 5.90. The van der Waals surface area contributed by atoms with E-state index in [1.165, 1.54) is 0 Å². The third-order valence-corrected chi connectivity index (χ3v) is 8.85. The molecule has 0 radical (unpaired) electrons. The molecular formula is C31H37BrN4O3. The quantitative estimate of drug-likeness (QED) is 0.243. The minimum absolute atomic E-state index is 0.0221. The number of oxime groups is 1. The minimum Gasteiger partial charge on any atom is -0.496 e. The van der Waals surface area contributed by atoms with E-state index in [9.17, 15) is 4.79 Å². The van der Waals surface area contributed by atoms with Gasteiger partial charge in [-0.25, -0.2) is 4.98 Å². The summed E-state index contributed by atoms with van der Waals surface area (Å²) in [5.74, 6) is 1.03. The van der Waals surface area contributed by atoms with Gasteiger partial charge >= 0.3 is 0 Å². The highest BCUT2D eigenvalue weighted by molar-refractivity contribution is 9.10. The van der Waals surface area contributed by atoms with Crippen molar-refractivity contribution in [3.63, 3.8) is 0 Å². The Morgan fingerprint density at radius 2 is 1.77 bits per heavy atom. The van der Waals surface area contributed by atoms with Crippen molar-refractivity contribution < 1.29 is 14.4 Å². The number of hydrogen-bond donors (Lipinski definition) is 0. The third kappa shape index (κ3) is 5.97. The standard InChI is InChI=1S/C31H37BrN4O3/c1-4-39-34-29(22-9-11-24(32)12-10-22)23-13-17-36(18-14-23)31(2)15-19-35(20-16-31)30(37)27-21-28(38-3)25-7-5-6-8-26(25)33-27/h5-12,21,23H,4,13-20H2,1-3H3/b34-29+. The van der Waals surface area contributed by atoms with Gasteiger partial charge in [-0.3, -0.25) is 9.69 Å². The molecule has 2 aromatic carbocycles. The summed E-state index contributed by atoms with van der Waals surface area (Å²) in [5, 5.41) is 5.45. The molecule has 0 unspecified atom stereocenters. The number of pyridine rings is 1. The highest BCUT2D eigenvalue weighted by Gasteiger charge is 2.39. The topological polar surface area (TPSA) is 67.3 Å². The van der Waals surface area contributed by atoms with Crippen molar-refractivity contribution in [1.29, 1.82) is 0 Å². The first-order valence-electron chi connectivity index (χ1n) is 13.9. The lowest BCUT2D eigenvalue weighted by Gasteiger charge is -2.49. The Bertz CT molecular complexity index is 1330. The maximum absolute atomic E-state index is 13.4. The summed E-state index contributed by atoms with van der Waals surface area (Å²) in [7, 11) is 1.63. The summed E-state index contributed by atoms with van der Waals surface area (Å²) < 4.78 is 6.62. The van der Waals surface area contributed by atoms with Gasteiger partial charge in [0, 0.05) is 40.5 Å². The number of hydrogen-bond acceptors (Lipinski definition) is 6. The predicted molar refractivity (Wildman–Crippen MR) is 158 cm³/mol. The molecule has 2 aliphatic rings. The van der Waals surface area contributed by atoms with Gasteiger partial charge in [0.15, 0.2) is 0 Å². The number of rotatable bonds is 7. The fourth-order valence-corrected chi connectivity index (χ4v) is 6.17. The first kappa shape index (κ1) is 27.6. The van der Waals surface area contributed by atoms with Gasteiger partial charge in [-0.05, 0) is 82.4 Å². The van der Waals surface area contributed by atoms with Gasteiger partial charge in [-0.1, -0.05) is 45.4 Å². The van der Waals surface area contributed by atoms with Gasteiger partial charge in [-0.2, -0.15) is 0 Å². The van der Waals surface area contributed by atoms with E-state index in [2.05, 4.69) is 62.2 Å². The molecular weight excluding hydrogens is 556 g/mol.